The molecule has 0 bridgehead atoms. The summed E-state index contributed by atoms with van der Waals surface area (Å²) in [7, 11) is 4.18. The molecule has 0 spiro atoms. The number of hydrogen-bond acceptors (Lipinski definition) is 3. The Morgan fingerprint density at radius 2 is 2.13 bits per heavy atom. The number of aryl methyl sites for hydroxylation is 1. The van der Waals surface area contributed by atoms with Gasteiger partial charge in [-0.1, -0.05) is 23.7 Å². The molecule has 0 unspecified atom stereocenters. The normalized spacial score (nSPS) is 26.8. The second-order valence-electron chi connectivity index (χ2n) is 7.21. The molecule has 2 heterocycles. The van der Waals surface area contributed by atoms with Crippen molar-refractivity contribution >= 4 is 17.5 Å². The standard InChI is InChI=1S/C18H25ClN2O2/c1-20(2)11-18-12-21(9-15(18)10-23-13-18)17(22)8-5-14-3-6-16(19)7-4-14/h3-4,6-7,15H,5,8-13H2,1-2H3/t15-,18+/m1/s1. The van der Waals surface area contributed by atoms with E-state index in [9.17, 15) is 4.79 Å². The quantitative estimate of drug-likeness (QED) is 0.827. The minimum atomic E-state index is 0.124. The Kier molecular flexibility index (Phi) is 4.95. The largest absolute Gasteiger partial charge is 0.380 e. The Bertz CT molecular complexity index is 561. The first-order chi connectivity index (χ1) is 11.0. The van der Waals surface area contributed by atoms with E-state index >= 15 is 0 Å². The monoisotopic (exact) mass is 336 g/mol. The molecular weight excluding hydrogens is 312 g/mol. The topological polar surface area (TPSA) is 32.8 Å². The van der Waals surface area contributed by atoms with Crippen molar-refractivity contribution in [1.29, 1.82) is 0 Å². The van der Waals surface area contributed by atoms with Gasteiger partial charge in [0.1, 0.15) is 0 Å². The molecule has 0 N–H and O–H groups in total. The molecule has 2 atom stereocenters. The molecule has 1 aromatic rings. The molecule has 2 aliphatic heterocycles. The van der Waals surface area contributed by atoms with Crippen molar-refractivity contribution in [2.75, 3.05) is 46.9 Å². The lowest BCUT2D eigenvalue weighted by molar-refractivity contribution is -0.131. The summed E-state index contributed by atoms with van der Waals surface area (Å²) in [6, 6.07) is 7.75. The second-order valence-corrected chi connectivity index (χ2v) is 7.65. The van der Waals surface area contributed by atoms with Gasteiger partial charge in [-0.3, -0.25) is 4.79 Å². The first-order valence-electron chi connectivity index (χ1n) is 8.23. The third-order valence-corrected chi connectivity index (χ3v) is 5.30. The smallest absolute Gasteiger partial charge is 0.222 e. The molecule has 2 aliphatic rings. The van der Waals surface area contributed by atoms with E-state index in [0.29, 0.717) is 12.3 Å². The minimum Gasteiger partial charge on any atom is -0.380 e. The van der Waals surface area contributed by atoms with Gasteiger partial charge in [-0.15, -0.1) is 0 Å². The van der Waals surface area contributed by atoms with E-state index in [2.05, 4.69) is 19.0 Å². The lowest BCUT2D eigenvalue weighted by atomic mass is 9.81. The van der Waals surface area contributed by atoms with Crippen LogP contribution in [0.4, 0.5) is 0 Å². The Balaban J connectivity index is 1.57. The van der Waals surface area contributed by atoms with Gasteiger partial charge in [-0.25, -0.2) is 0 Å². The van der Waals surface area contributed by atoms with E-state index in [1.54, 1.807) is 0 Å². The summed E-state index contributed by atoms with van der Waals surface area (Å²) in [5.41, 5.74) is 1.29. The molecule has 0 aromatic heterocycles. The van der Waals surface area contributed by atoms with Crippen molar-refractivity contribution in [2.45, 2.75) is 12.8 Å². The van der Waals surface area contributed by atoms with Gasteiger partial charge < -0.3 is 14.5 Å². The minimum absolute atomic E-state index is 0.124. The highest BCUT2D eigenvalue weighted by Crippen LogP contribution is 2.41. The molecule has 1 amide bonds. The van der Waals surface area contributed by atoms with Gasteiger partial charge in [0.25, 0.3) is 0 Å². The van der Waals surface area contributed by atoms with Crippen LogP contribution in [-0.4, -0.2) is 62.7 Å². The van der Waals surface area contributed by atoms with Crippen molar-refractivity contribution in [1.82, 2.24) is 9.80 Å². The summed E-state index contributed by atoms with van der Waals surface area (Å²) in [6.45, 7) is 4.22. The molecule has 4 nitrogen and oxygen atoms in total. The fraction of sp³-hybridized carbons (Fsp3) is 0.611. The number of carbonyl (C=O) groups excluding carboxylic acids is 1. The fourth-order valence-corrected chi connectivity index (χ4v) is 4.06. The van der Waals surface area contributed by atoms with E-state index in [1.807, 2.05) is 29.2 Å². The lowest BCUT2D eigenvalue weighted by Gasteiger charge is -2.30. The molecular formula is C18H25ClN2O2. The predicted molar refractivity (Wildman–Crippen MR) is 91.6 cm³/mol. The number of halogens is 1. The summed E-state index contributed by atoms with van der Waals surface area (Å²) in [6.07, 6.45) is 1.33. The number of likely N-dealkylation sites (tertiary alicyclic amines) is 1. The van der Waals surface area contributed by atoms with Crippen LogP contribution in [0.1, 0.15) is 12.0 Å². The van der Waals surface area contributed by atoms with Crippen LogP contribution in [0.25, 0.3) is 0 Å². The average Bonchev–Trinajstić information content (AvgIpc) is 3.02. The fourth-order valence-electron chi connectivity index (χ4n) is 3.94. The molecule has 2 saturated heterocycles. The van der Waals surface area contributed by atoms with E-state index < -0.39 is 0 Å². The molecule has 1 aromatic carbocycles. The van der Waals surface area contributed by atoms with Gasteiger partial charge in [-0.2, -0.15) is 0 Å². The van der Waals surface area contributed by atoms with Crippen LogP contribution in [0.5, 0.6) is 0 Å². The number of rotatable bonds is 5. The van der Waals surface area contributed by atoms with Gasteiger partial charge in [-0.05, 0) is 38.2 Å². The van der Waals surface area contributed by atoms with Crippen molar-refractivity contribution in [3.05, 3.63) is 34.9 Å². The number of hydrogen-bond donors (Lipinski definition) is 0. The van der Waals surface area contributed by atoms with Crippen LogP contribution in [0.3, 0.4) is 0 Å². The molecule has 3 rings (SSSR count). The average molecular weight is 337 g/mol. The number of benzene rings is 1. The highest BCUT2D eigenvalue weighted by Gasteiger charge is 2.51. The first kappa shape index (κ1) is 16.7. The van der Waals surface area contributed by atoms with Crippen LogP contribution in [-0.2, 0) is 16.0 Å². The zero-order chi connectivity index (χ0) is 16.4. The van der Waals surface area contributed by atoms with Gasteiger partial charge in [0, 0.05) is 42.4 Å². The van der Waals surface area contributed by atoms with Crippen molar-refractivity contribution in [2.24, 2.45) is 11.3 Å². The number of ether oxygens (including phenoxy) is 1. The number of nitrogens with zero attached hydrogens (tertiary/aromatic N) is 2. The van der Waals surface area contributed by atoms with Crippen molar-refractivity contribution in [3.63, 3.8) is 0 Å². The molecule has 0 saturated carbocycles. The molecule has 23 heavy (non-hydrogen) atoms. The Morgan fingerprint density at radius 1 is 1.39 bits per heavy atom. The Hall–Kier alpha value is -1.10. The second kappa shape index (κ2) is 6.80. The van der Waals surface area contributed by atoms with Crippen LogP contribution in [0, 0.1) is 11.3 Å². The van der Waals surface area contributed by atoms with Crippen LogP contribution in [0.2, 0.25) is 5.02 Å². The van der Waals surface area contributed by atoms with E-state index in [4.69, 9.17) is 16.3 Å². The molecule has 2 fully saturated rings. The SMILES string of the molecule is CN(C)C[C@]12COC[C@H]1CN(C(=O)CCc1ccc(Cl)cc1)C2. The summed E-state index contributed by atoms with van der Waals surface area (Å²) in [5, 5.41) is 0.734. The van der Waals surface area contributed by atoms with Gasteiger partial charge in [0.05, 0.1) is 13.2 Å². The van der Waals surface area contributed by atoms with Gasteiger partial charge >= 0.3 is 0 Å². The third kappa shape index (κ3) is 3.70. The van der Waals surface area contributed by atoms with Crippen LogP contribution < -0.4 is 0 Å². The number of carbonyl (C=O) groups is 1. The highest BCUT2D eigenvalue weighted by molar-refractivity contribution is 6.30. The Morgan fingerprint density at radius 3 is 2.83 bits per heavy atom. The molecule has 0 aliphatic carbocycles. The highest BCUT2D eigenvalue weighted by atomic mass is 35.5. The zero-order valence-electron chi connectivity index (χ0n) is 13.9. The maximum Gasteiger partial charge on any atom is 0.222 e. The van der Waals surface area contributed by atoms with Gasteiger partial charge in [0.15, 0.2) is 0 Å². The number of fused-ring (bicyclic) bond motifs is 1. The van der Waals surface area contributed by atoms with Crippen LogP contribution >= 0.6 is 11.6 Å². The lowest BCUT2D eigenvalue weighted by Crippen LogP contribution is -2.41. The third-order valence-electron chi connectivity index (χ3n) is 5.05. The van der Waals surface area contributed by atoms with Crippen molar-refractivity contribution in [3.8, 4) is 0 Å². The van der Waals surface area contributed by atoms with E-state index in [-0.39, 0.29) is 11.3 Å². The number of amides is 1. The maximum atomic E-state index is 12.6. The van der Waals surface area contributed by atoms with E-state index in [1.165, 1.54) is 0 Å². The molecule has 126 valence electrons. The maximum absolute atomic E-state index is 12.6. The first-order valence-corrected chi connectivity index (χ1v) is 8.61. The summed E-state index contributed by atoms with van der Waals surface area (Å²) < 4.78 is 5.71. The summed E-state index contributed by atoms with van der Waals surface area (Å²) in [4.78, 5) is 16.9. The predicted octanol–water partition coefficient (Wildman–Crippen LogP) is 2.31. The van der Waals surface area contributed by atoms with Gasteiger partial charge in [0.2, 0.25) is 5.91 Å². The zero-order valence-corrected chi connectivity index (χ0v) is 14.7. The molecule has 0 radical (unpaired) electrons. The van der Waals surface area contributed by atoms with Crippen LogP contribution in [0.15, 0.2) is 24.3 Å². The summed E-state index contributed by atoms with van der Waals surface area (Å²) in [5.74, 6) is 0.733. The summed E-state index contributed by atoms with van der Waals surface area (Å²) >= 11 is 5.90. The Labute approximate surface area is 143 Å². The van der Waals surface area contributed by atoms with E-state index in [0.717, 1.165) is 49.9 Å². The van der Waals surface area contributed by atoms with Crippen molar-refractivity contribution < 1.29 is 9.53 Å². The molecule has 5 heteroatoms.